The van der Waals surface area contributed by atoms with E-state index in [1.807, 2.05) is 42.5 Å². The average molecular weight is 277 g/mol. The predicted octanol–water partition coefficient (Wildman–Crippen LogP) is 4.11. The number of amides is 1. The van der Waals surface area contributed by atoms with E-state index in [0.29, 0.717) is 5.56 Å². The second kappa shape index (κ2) is 5.29. The monoisotopic (exact) mass is 277 g/mol. The summed E-state index contributed by atoms with van der Waals surface area (Å²) in [6.07, 6.45) is 0. The average Bonchev–Trinajstić information content (AvgIpc) is 2.47. The molecule has 0 aliphatic rings. The first-order valence-corrected chi connectivity index (χ1v) is 6.73. The van der Waals surface area contributed by atoms with Gasteiger partial charge in [0.25, 0.3) is 5.91 Å². The van der Waals surface area contributed by atoms with E-state index in [1.54, 1.807) is 19.1 Å². The minimum Gasteiger partial charge on any atom is -0.508 e. The summed E-state index contributed by atoms with van der Waals surface area (Å²) in [6, 6.07) is 18.5. The third-order valence-corrected chi connectivity index (χ3v) is 3.46. The summed E-state index contributed by atoms with van der Waals surface area (Å²) >= 11 is 0. The number of hydrogen-bond acceptors (Lipinski definition) is 2. The first kappa shape index (κ1) is 13.2. The van der Waals surface area contributed by atoms with Crippen LogP contribution in [0.1, 0.15) is 15.9 Å². The number of aryl methyl sites for hydroxylation is 1. The molecule has 0 unspecified atom stereocenters. The van der Waals surface area contributed by atoms with E-state index in [1.165, 1.54) is 6.07 Å². The zero-order valence-corrected chi connectivity index (χ0v) is 11.6. The van der Waals surface area contributed by atoms with E-state index in [0.717, 1.165) is 22.0 Å². The Labute approximate surface area is 122 Å². The Hall–Kier alpha value is -2.81. The summed E-state index contributed by atoms with van der Waals surface area (Å²) in [7, 11) is 0. The van der Waals surface area contributed by atoms with Gasteiger partial charge in [0.2, 0.25) is 0 Å². The minimum absolute atomic E-state index is 0.162. The molecule has 2 N–H and O–H groups in total. The zero-order valence-electron chi connectivity index (χ0n) is 11.6. The number of phenols is 1. The Morgan fingerprint density at radius 3 is 2.48 bits per heavy atom. The summed E-state index contributed by atoms with van der Waals surface area (Å²) < 4.78 is 0. The number of anilines is 1. The van der Waals surface area contributed by atoms with Crippen LogP contribution >= 0.6 is 0 Å². The third kappa shape index (κ3) is 2.72. The number of fused-ring (bicyclic) bond motifs is 1. The van der Waals surface area contributed by atoms with Crippen LogP contribution in [0.15, 0.2) is 60.7 Å². The molecule has 0 heterocycles. The lowest BCUT2D eigenvalue weighted by molar-refractivity contribution is 0.102. The maximum absolute atomic E-state index is 12.3. The summed E-state index contributed by atoms with van der Waals surface area (Å²) in [6.45, 7) is 1.80. The highest BCUT2D eigenvalue weighted by molar-refractivity contribution is 6.06. The van der Waals surface area contributed by atoms with E-state index in [2.05, 4.69) is 5.32 Å². The highest BCUT2D eigenvalue weighted by atomic mass is 16.3. The van der Waals surface area contributed by atoms with Crippen molar-refractivity contribution < 1.29 is 9.90 Å². The largest absolute Gasteiger partial charge is 0.508 e. The third-order valence-electron chi connectivity index (χ3n) is 3.46. The number of benzene rings is 3. The molecule has 0 spiro atoms. The highest BCUT2D eigenvalue weighted by Gasteiger charge is 2.10. The molecule has 0 bridgehead atoms. The normalized spacial score (nSPS) is 10.5. The van der Waals surface area contributed by atoms with E-state index in [9.17, 15) is 9.90 Å². The molecule has 3 aromatic carbocycles. The molecule has 21 heavy (non-hydrogen) atoms. The van der Waals surface area contributed by atoms with Crippen molar-refractivity contribution >= 4 is 22.4 Å². The zero-order chi connectivity index (χ0) is 14.8. The second-order valence-corrected chi connectivity index (χ2v) is 5.02. The summed E-state index contributed by atoms with van der Waals surface area (Å²) in [5.41, 5.74) is 2.06. The summed E-state index contributed by atoms with van der Waals surface area (Å²) in [5, 5.41) is 14.5. The number of hydrogen-bond donors (Lipinski definition) is 2. The molecule has 0 fully saturated rings. The van der Waals surface area contributed by atoms with Gasteiger partial charge in [-0.15, -0.1) is 0 Å². The first-order chi connectivity index (χ1) is 10.1. The van der Waals surface area contributed by atoms with Gasteiger partial charge in [0.05, 0.1) is 0 Å². The van der Waals surface area contributed by atoms with E-state index < -0.39 is 0 Å². The molecule has 0 atom stereocenters. The maximum Gasteiger partial charge on any atom is 0.255 e. The fourth-order valence-electron chi connectivity index (χ4n) is 2.37. The number of carbonyl (C=O) groups excluding carboxylic acids is 1. The molecule has 3 rings (SSSR count). The predicted molar refractivity (Wildman–Crippen MR) is 84.7 cm³/mol. The number of phenolic OH excluding ortho intramolecular Hbond substituents is 1. The van der Waals surface area contributed by atoms with Gasteiger partial charge in [-0.05, 0) is 53.6 Å². The smallest absolute Gasteiger partial charge is 0.255 e. The van der Waals surface area contributed by atoms with Gasteiger partial charge < -0.3 is 10.4 Å². The van der Waals surface area contributed by atoms with E-state index in [4.69, 9.17) is 0 Å². The number of rotatable bonds is 2. The van der Waals surface area contributed by atoms with Gasteiger partial charge in [0.15, 0.2) is 0 Å². The van der Waals surface area contributed by atoms with Crippen molar-refractivity contribution in [2.24, 2.45) is 0 Å². The molecule has 3 heteroatoms. The van der Waals surface area contributed by atoms with Gasteiger partial charge in [0, 0.05) is 11.3 Å². The first-order valence-electron chi connectivity index (χ1n) is 6.73. The lowest BCUT2D eigenvalue weighted by Gasteiger charge is -2.09. The van der Waals surface area contributed by atoms with Crippen molar-refractivity contribution in [2.45, 2.75) is 6.92 Å². The van der Waals surface area contributed by atoms with Crippen LogP contribution in [0, 0.1) is 6.92 Å². The van der Waals surface area contributed by atoms with Crippen LogP contribution in [0.3, 0.4) is 0 Å². The van der Waals surface area contributed by atoms with Crippen molar-refractivity contribution in [1.82, 2.24) is 0 Å². The van der Waals surface area contributed by atoms with Crippen LogP contribution in [-0.4, -0.2) is 11.0 Å². The molecular formula is C18H15NO2. The topological polar surface area (TPSA) is 49.3 Å². The van der Waals surface area contributed by atoms with E-state index in [-0.39, 0.29) is 11.7 Å². The maximum atomic E-state index is 12.3. The Morgan fingerprint density at radius 1 is 0.952 bits per heavy atom. The molecule has 0 aromatic heterocycles. The van der Waals surface area contributed by atoms with Crippen molar-refractivity contribution in [1.29, 1.82) is 0 Å². The van der Waals surface area contributed by atoms with Crippen molar-refractivity contribution in [2.75, 3.05) is 5.32 Å². The highest BCUT2D eigenvalue weighted by Crippen LogP contribution is 2.21. The van der Waals surface area contributed by atoms with Gasteiger partial charge in [-0.1, -0.05) is 30.3 Å². The molecule has 1 amide bonds. The van der Waals surface area contributed by atoms with Gasteiger partial charge in [-0.3, -0.25) is 4.79 Å². The standard InChI is InChI=1S/C18H15NO2/c1-12-10-16(20)8-9-17(12)18(21)19-15-7-6-13-4-2-3-5-14(13)11-15/h2-11,20H,1H3,(H,19,21). The number of carbonyl (C=O) groups is 1. The second-order valence-electron chi connectivity index (χ2n) is 5.02. The number of aromatic hydroxyl groups is 1. The van der Waals surface area contributed by atoms with Crippen molar-refractivity contribution in [3.63, 3.8) is 0 Å². The quantitative estimate of drug-likeness (QED) is 0.740. The van der Waals surface area contributed by atoms with E-state index >= 15 is 0 Å². The van der Waals surface area contributed by atoms with Crippen molar-refractivity contribution in [3.8, 4) is 5.75 Å². The van der Waals surface area contributed by atoms with Gasteiger partial charge in [0.1, 0.15) is 5.75 Å². The Morgan fingerprint density at radius 2 is 1.71 bits per heavy atom. The van der Waals surface area contributed by atoms with Gasteiger partial charge >= 0.3 is 0 Å². The fraction of sp³-hybridized carbons (Fsp3) is 0.0556. The van der Waals surface area contributed by atoms with Crippen LogP contribution in [0.2, 0.25) is 0 Å². The molecule has 104 valence electrons. The molecule has 0 aliphatic heterocycles. The van der Waals surface area contributed by atoms with Crippen LogP contribution in [0.4, 0.5) is 5.69 Å². The summed E-state index contributed by atoms with van der Waals surface area (Å²) in [5.74, 6) is -0.0162. The molecule has 3 aromatic rings. The summed E-state index contributed by atoms with van der Waals surface area (Å²) in [4.78, 5) is 12.3. The molecule has 0 radical (unpaired) electrons. The Balaban J connectivity index is 1.89. The van der Waals surface area contributed by atoms with Crippen LogP contribution < -0.4 is 5.32 Å². The molecule has 0 saturated carbocycles. The number of nitrogens with one attached hydrogen (secondary N) is 1. The lowest BCUT2D eigenvalue weighted by atomic mass is 10.1. The molecule has 3 nitrogen and oxygen atoms in total. The van der Waals surface area contributed by atoms with Crippen LogP contribution in [0.25, 0.3) is 10.8 Å². The van der Waals surface area contributed by atoms with Gasteiger partial charge in [-0.2, -0.15) is 0 Å². The Kier molecular flexibility index (Phi) is 3.32. The molecular weight excluding hydrogens is 262 g/mol. The molecule has 0 saturated heterocycles. The molecule has 0 aliphatic carbocycles. The van der Waals surface area contributed by atoms with Crippen LogP contribution in [-0.2, 0) is 0 Å². The van der Waals surface area contributed by atoms with Gasteiger partial charge in [-0.25, -0.2) is 0 Å². The van der Waals surface area contributed by atoms with Crippen LogP contribution in [0.5, 0.6) is 5.75 Å². The lowest BCUT2D eigenvalue weighted by Crippen LogP contribution is -2.13. The SMILES string of the molecule is Cc1cc(O)ccc1C(=O)Nc1ccc2ccccc2c1. The minimum atomic E-state index is -0.178. The van der Waals surface area contributed by atoms with Crippen molar-refractivity contribution in [3.05, 3.63) is 71.8 Å². The Bertz CT molecular complexity index is 824. The fourth-order valence-corrected chi connectivity index (χ4v) is 2.37.